The monoisotopic (exact) mass is 634 g/mol. The summed E-state index contributed by atoms with van der Waals surface area (Å²) in [5.74, 6) is 0. The first-order valence-electron chi connectivity index (χ1n) is 15.0. The fourth-order valence-corrected chi connectivity index (χ4v) is 7.75. The summed E-state index contributed by atoms with van der Waals surface area (Å²) in [6.45, 7) is 1.65. The number of nitrogens with zero attached hydrogens (tertiary/aromatic N) is 1. The zero-order valence-corrected chi connectivity index (χ0v) is 26.3. The summed E-state index contributed by atoms with van der Waals surface area (Å²) < 4.78 is 8.76. The molecule has 0 radical (unpaired) electrons. The number of aromatic amines is 1. The van der Waals surface area contributed by atoms with Crippen LogP contribution in [-0.2, 0) is 25.7 Å². The second-order valence-electron chi connectivity index (χ2n) is 11.2. The molecule has 1 saturated heterocycles. The molecule has 0 unspecified atom stereocenters. The predicted molar refractivity (Wildman–Crippen MR) is 178 cm³/mol. The third kappa shape index (κ3) is 5.56. The van der Waals surface area contributed by atoms with Crippen LogP contribution in [0.2, 0.25) is 0 Å². The third-order valence-electron chi connectivity index (χ3n) is 8.57. The second-order valence-corrected chi connectivity index (χ2v) is 12.4. The first-order chi connectivity index (χ1) is 22.4. The smallest absolute Gasteiger partial charge is 0.330 e. The lowest BCUT2D eigenvalue weighted by molar-refractivity contribution is -0.292. The maximum atomic E-state index is 14.1. The molecule has 2 heterocycles. The number of carbonyl (C=O) groups is 1. The van der Waals surface area contributed by atoms with Crippen LogP contribution in [0.3, 0.4) is 0 Å². The van der Waals surface area contributed by atoms with Crippen LogP contribution in [0.5, 0.6) is 0 Å². The highest BCUT2D eigenvalue weighted by Gasteiger charge is 2.64. The number of nitrogens with one attached hydrogen (secondary N) is 1. The van der Waals surface area contributed by atoms with E-state index in [9.17, 15) is 14.4 Å². The van der Waals surface area contributed by atoms with Crippen molar-refractivity contribution in [3.05, 3.63) is 176 Å². The quantitative estimate of drug-likeness (QED) is 0.117. The summed E-state index contributed by atoms with van der Waals surface area (Å²) in [4.78, 5) is 53.6. The molecule has 1 aromatic heterocycles. The van der Waals surface area contributed by atoms with Crippen LogP contribution in [0.4, 0.5) is 0 Å². The van der Waals surface area contributed by atoms with Gasteiger partial charge in [-0.1, -0.05) is 133 Å². The van der Waals surface area contributed by atoms with Crippen molar-refractivity contribution in [3.8, 4) is 0 Å². The Bertz CT molecular complexity index is 1800. The van der Waals surface area contributed by atoms with Gasteiger partial charge in [-0.2, -0.15) is 0 Å². The summed E-state index contributed by atoms with van der Waals surface area (Å²) in [6, 6.07) is 38.7. The Kier molecular flexibility index (Phi) is 9.19. The Morgan fingerprint density at radius 2 is 1.37 bits per heavy atom. The molecule has 4 aromatic carbocycles. The molecule has 8 nitrogen and oxygen atoms in total. The number of benzene rings is 4. The van der Waals surface area contributed by atoms with Gasteiger partial charge in [0.25, 0.3) is 5.56 Å². The number of aromatic nitrogens is 2. The van der Waals surface area contributed by atoms with Crippen molar-refractivity contribution in [2.45, 2.75) is 35.8 Å². The van der Waals surface area contributed by atoms with E-state index in [1.807, 2.05) is 109 Å². The van der Waals surface area contributed by atoms with E-state index < -0.39 is 33.7 Å². The Morgan fingerprint density at radius 3 is 1.87 bits per heavy atom. The van der Waals surface area contributed by atoms with E-state index >= 15 is 0 Å². The predicted octanol–water partition coefficient (Wildman–Crippen LogP) is 5.84. The van der Waals surface area contributed by atoms with E-state index in [1.54, 1.807) is 25.3 Å². The molecular formula is C37H34N2O6S. The number of hydrogen-bond donors (Lipinski definition) is 1. The van der Waals surface area contributed by atoms with Gasteiger partial charge in [0, 0.05) is 29.0 Å². The number of thioether (sulfide) groups is 1. The van der Waals surface area contributed by atoms with Gasteiger partial charge >= 0.3 is 5.69 Å². The van der Waals surface area contributed by atoms with Crippen LogP contribution >= 0.6 is 11.8 Å². The van der Waals surface area contributed by atoms with Crippen LogP contribution in [0.1, 0.15) is 39.0 Å². The van der Waals surface area contributed by atoms with Crippen LogP contribution in [0.15, 0.2) is 137 Å². The zero-order valence-electron chi connectivity index (χ0n) is 25.5. The molecule has 0 aliphatic carbocycles. The number of aryl methyl sites for hydroxylation is 1. The lowest BCUT2D eigenvalue weighted by Crippen LogP contribution is -2.59. The summed E-state index contributed by atoms with van der Waals surface area (Å²) in [5, 5.41) is -0.625. The van der Waals surface area contributed by atoms with Gasteiger partial charge in [-0.05, 0) is 23.6 Å². The molecule has 234 valence electrons. The van der Waals surface area contributed by atoms with Gasteiger partial charge in [0.15, 0.2) is 5.72 Å². The number of ether oxygens (including phenoxy) is 1. The summed E-state index contributed by atoms with van der Waals surface area (Å²) in [7, 11) is 1.41. The van der Waals surface area contributed by atoms with Crippen molar-refractivity contribution in [1.82, 2.24) is 9.55 Å². The topological polar surface area (TPSA) is 99.6 Å². The number of hydrogen-bond acceptors (Lipinski definition) is 7. The van der Waals surface area contributed by atoms with Crippen LogP contribution in [-0.4, -0.2) is 39.7 Å². The van der Waals surface area contributed by atoms with E-state index in [0.717, 1.165) is 28.5 Å². The first-order valence-corrected chi connectivity index (χ1v) is 15.9. The number of H-pyrrole nitrogens is 1. The van der Waals surface area contributed by atoms with Crippen LogP contribution < -0.4 is 11.2 Å². The van der Waals surface area contributed by atoms with E-state index in [0.29, 0.717) is 11.1 Å². The summed E-state index contributed by atoms with van der Waals surface area (Å²) >= 11 is 1.14. The molecule has 3 atom stereocenters. The van der Waals surface area contributed by atoms with Crippen LogP contribution in [0.25, 0.3) is 0 Å². The Labute approximate surface area is 270 Å². The van der Waals surface area contributed by atoms with Crippen LogP contribution in [0, 0.1) is 6.92 Å². The molecule has 0 saturated carbocycles. The molecular weight excluding hydrogens is 600 g/mol. The van der Waals surface area contributed by atoms with Gasteiger partial charge in [0.05, 0.1) is 18.6 Å². The van der Waals surface area contributed by atoms with Gasteiger partial charge in [0.1, 0.15) is 6.61 Å². The zero-order chi connectivity index (χ0) is 32.1. The maximum Gasteiger partial charge on any atom is 0.330 e. The van der Waals surface area contributed by atoms with Crippen molar-refractivity contribution in [3.63, 3.8) is 0 Å². The normalized spacial score (nSPS) is 19.6. The standard InChI is InChI=1S/C37H34N2O6S/c1-26-24-39(35(42)38-33(26)40)36(23-32(31(45-36)25-44-43-2)46-34(41)27-15-7-3-8-16-27)37(28-17-9-4-10-18-28,29-19-11-5-12-20-29)30-21-13-6-14-22-30/h3-22,24,31-32H,23,25H2,1-2H3,(H,38,40,42)/t31-,32+,36+/m1/s1. The lowest BCUT2D eigenvalue weighted by Gasteiger charge is -2.50. The SMILES string of the molecule is COOC[C@H]1O[C@](n2cc(C)c(=O)[nH]c2=O)(C(c2ccccc2)(c2ccccc2)c2ccccc2)C[C@@H]1SC(=O)c1ccccc1. The third-order valence-corrected chi connectivity index (χ3v) is 9.80. The second kappa shape index (κ2) is 13.4. The molecule has 5 aromatic rings. The fourth-order valence-electron chi connectivity index (χ4n) is 6.61. The molecule has 1 N–H and O–H groups in total. The first kappa shape index (κ1) is 31.4. The Hall–Kier alpha value is -4.54. The Balaban J connectivity index is 1.70. The van der Waals surface area contributed by atoms with Crippen molar-refractivity contribution >= 4 is 16.9 Å². The summed E-state index contributed by atoms with van der Waals surface area (Å²) in [5.41, 5.74) is -0.335. The summed E-state index contributed by atoms with van der Waals surface area (Å²) in [6.07, 6.45) is 1.05. The molecule has 0 spiro atoms. The maximum absolute atomic E-state index is 14.1. The minimum atomic E-state index is -1.51. The van der Waals surface area contributed by atoms with E-state index in [4.69, 9.17) is 14.5 Å². The molecule has 1 fully saturated rings. The van der Waals surface area contributed by atoms with Gasteiger partial charge in [-0.3, -0.25) is 19.1 Å². The van der Waals surface area contributed by atoms with Gasteiger partial charge in [0.2, 0.25) is 5.12 Å². The largest absolute Gasteiger partial charge is 0.346 e. The minimum absolute atomic E-state index is 0.0104. The molecule has 1 aliphatic heterocycles. The minimum Gasteiger partial charge on any atom is -0.346 e. The average molecular weight is 635 g/mol. The molecule has 1 aliphatic rings. The van der Waals surface area contributed by atoms with Gasteiger partial charge in [-0.25, -0.2) is 14.6 Å². The van der Waals surface area contributed by atoms with Crippen molar-refractivity contribution < 1.29 is 19.3 Å². The highest BCUT2D eigenvalue weighted by atomic mass is 32.2. The van der Waals surface area contributed by atoms with E-state index in [-0.39, 0.29) is 18.1 Å². The van der Waals surface area contributed by atoms with Crippen molar-refractivity contribution in [2.24, 2.45) is 0 Å². The van der Waals surface area contributed by atoms with Gasteiger partial charge in [-0.15, -0.1) is 0 Å². The van der Waals surface area contributed by atoms with Crippen molar-refractivity contribution in [2.75, 3.05) is 13.7 Å². The molecule has 0 amide bonds. The molecule has 6 rings (SSSR count). The molecule has 9 heteroatoms. The molecule has 0 bridgehead atoms. The highest BCUT2D eigenvalue weighted by Crippen LogP contribution is 2.58. The highest BCUT2D eigenvalue weighted by molar-refractivity contribution is 8.14. The average Bonchev–Trinajstić information content (AvgIpc) is 3.46. The van der Waals surface area contributed by atoms with Gasteiger partial charge < -0.3 is 4.74 Å². The van der Waals surface area contributed by atoms with Crippen molar-refractivity contribution in [1.29, 1.82) is 0 Å². The van der Waals surface area contributed by atoms with E-state index in [1.165, 1.54) is 11.7 Å². The fraction of sp³-hybridized carbons (Fsp3) is 0.216. The number of rotatable bonds is 10. The number of carbonyl (C=O) groups excluding carboxylic acids is 1. The lowest BCUT2D eigenvalue weighted by atomic mass is 9.61. The Morgan fingerprint density at radius 1 is 0.870 bits per heavy atom. The molecule has 46 heavy (non-hydrogen) atoms. The van der Waals surface area contributed by atoms with E-state index in [2.05, 4.69) is 4.98 Å².